The Labute approximate surface area is 185 Å². The molecule has 0 atom stereocenters. The molecule has 0 aliphatic carbocycles. The Kier molecular flexibility index (Phi) is 7.15. The summed E-state index contributed by atoms with van der Waals surface area (Å²) >= 11 is 6.06. The normalized spacial score (nSPS) is 10.5. The van der Waals surface area contributed by atoms with Gasteiger partial charge in [0, 0.05) is 19.7 Å². The van der Waals surface area contributed by atoms with Crippen molar-refractivity contribution in [1.82, 2.24) is 15.1 Å². The van der Waals surface area contributed by atoms with E-state index >= 15 is 0 Å². The fourth-order valence-electron chi connectivity index (χ4n) is 2.97. The van der Waals surface area contributed by atoms with E-state index in [0.717, 1.165) is 5.56 Å². The lowest BCUT2D eigenvalue weighted by Crippen LogP contribution is -2.26. The standard InChI is InChI=1S/C22H23ClN4O4/c1-27-20(25-21(28)15-6-4-5-7-16(15)23)13-17(26-27)22(29)24-11-10-14-8-9-18(30-2)19(12-14)31-3/h4-9,12-13H,10-11H2,1-3H3,(H,24,29)(H,25,28). The van der Waals surface area contributed by atoms with Crippen molar-refractivity contribution in [3.63, 3.8) is 0 Å². The van der Waals surface area contributed by atoms with Gasteiger partial charge in [-0.15, -0.1) is 0 Å². The van der Waals surface area contributed by atoms with Crippen molar-refractivity contribution in [2.45, 2.75) is 6.42 Å². The number of amides is 2. The van der Waals surface area contributed by atoms with E-state index in [1.807, 2.05) is 18.2 Å². The number of anilines is 1. The molecule has 0 saturated carbocycles. The van der Waals surface area contributed by atoms with E-state index < -0.39 is 0 Å². The highest BCUT2D eigenvalue weighted by Crippen LogP contribution is 2.27. The summed E-state index contributed by atoms with van der Waals surface area (Å²) in [6.07, 6.45) is 0.606. The van der Waals surface area contributed by atoms with Gasteiger partial charge in [-0.25, -0.2) is 0 Å². The van der Waals surface area contributed by atoms with Gasteiger partial charge in [-0.1, -0.05) is 29.8 Å². The van der Waals surface area contributed by atoms with Crippen molar-refractivity contribution in [2.75, 3.05) is 26.1 Å². The van der Waals surface area contributed by atoms with Gasteiger partial charge in [0.25, 0.3) is 11.8 Å². The van der Waals surface area contributed by atoms with Gasteiger partial charge in [-0.3, -0.25) is 14.3 Å². The Hall–Kier alpha value is -3.52. The molecule has 1 aromatic heterocycles. The minimum absolute atomic E-state index is 0.198. The summed E-state index contributed by atoms with van der Waals surface area (Å²) in [7, 11) is 4.80. The summed E-state index contributed by atoms with van der Waals surface area (Å²) in [5, 5.41) is 10.1. The van der Waals surface area contributed by atoms with Crippen molar-refractivity contribution in [3.8, 4) is 11.5 Å². The molecule has 0 unspecified atom stereocenters. The molecule has 3 aromatic rings. The summed E-state index contributed by atoms with van der Waals surface area (Å²) in [4.78, 5) is 24.9. The molecule has 2 aromatic carbocycles. The predicted molar refractivity (Wildman–Crippen MR) is 118 cm³/mol. The summed E-state index contributed by atoms with van der Waals surface area (Å²) in [6.45, 7) is 0.409. The topological polar surface area (TPSA) is 94.5 Å². The third-order valence-electron chi connectivity index (χ3n) is 4.62. The SMILES string of the molecule is COc1ccc(CCNC(=O)c2cc(NC(=O)c3ccccc3Cl)n(C)n2)cc1OC. The highest BCUT2D eigenvalue weighted by Gasteiger charge is 2.16. The average Bonchev–Trinajstić information content (AvgIpc) is 3.14. The number of carbonyl (C=O) groups excluding carboxylic acids is 2. The van der Waals surface area contributed by atoms with Crippen LogP contribution in [0.3, 0.4) is 0 Å². The van der Waals surface area contributed by atoms with Crippen LogP contribution in [-0.2, 0) is 13.5 Å². The first kappa shape index (κ1) is 22.2. The zero-order chi connectivity index (χ0) is 22.4. The molecule has 2 amide bonds. The molecule has 162 valence electrons. The quantitative estimate of drug-likeness (QED) is 0.558. The molecular weight excluding hydrogens is 420 g/mol. The van der Waals surface area contributed by atoms with Gasteiger partial charge in [0.1, 0.15) is 5.82 Å². The van der Waals surface area contributed by atoms with E-state index in [1.54, 1.807) is 45.5 Å². The fraction of sp³-hybridized carbons (Fsp3) is 0.227. The Morgan fingerprint density at radius 3 is 2.48 bits per heavy atom. The van der Waals surface area contributed by atoms with Gasteiger partial charge in [-0.05, 0) is 36.2 Å². The highest BCUT2D eigenvalue weighted by atomic mass is 35.5. The zero-order valence-electron chi connectivity index (χ0n) is 17.4. The number of aryl methyl sites for hydroxylation is 1. The van der Waals surface area contributed by atoms with E-state index in [-0.39, 0.29) is 17.5 Å². The van der Waals surface area contributed by atoms with Crippen LogP contribution < -0.4 is 20.1 Å². The van der Waals surface area contributed by atoms with Crippen LogP contribution in [0.15, 0.2) is 48.5 Å². The Morgan fingerprint density at radius 2 is 1.77 bits per heavy atom. The molecule has 3 rings (SSSR count). The van der Waals surface area contributed by atoms with Gasteiger partial charge >= 0.3 is 0 Å². The summed E-state index contributed by atoms with van der Waals surface area (Å²) in [6, 6.07) is 13.8. The first-order chi connectivity index (χ1) is 14.9. The number of nitrogens with one attached hydrogen (secondary N) is 2. The molecular formula is C22H23ClN4O4. The number of benzene rings is 2. The number of hydrogen-bond acceptors (Lipinski definition) is 5. The molecule has 0 saturated heterocycles. The van der Waals surface area contributed by atoms with Crippen LogP contribution in [0.1, 0.15) is 26.4 Å². The van der Waals surface area contributed by atoms with E-state index in [4.69, 9.17) is 21.1 Å². The van der Waals surface area contributed by atoms with E-state index in [9.17, 15) is 9.59 Å². The van der Waals surface area contributed by atoms with E-state index in [0.29, 0.717) is 40.9 Å². The second-order valence-corrected chi connectivity index (χ2v) is 7.07. The van der Waals surface area contributed by atoms with Crippen LogP contribution in [0, 0.1) is 0 Å². The molecule has 0 fully saturated rings. The second-order valence-electron chi connectivity index (χ2n) is 6.67. The summed E-state index contributed by atoms with van der Waals surface area (Å²) in [5.74, 6) is 0.948. The number of halogens is 1. The Bertz CT molecular complexity index is 1100. The number of carbonyl (C=O) groups is 2. The summed E-state index contributed by atoms with van der Waals surface area (Å²) < 4.78 is 11.9. The van der Waals surface area contributed by atoms with E-state index in [2.05, 4.69) is 15.7 Å². The van der Waals surface area contributed by atoms with Crippen LogP contribution >= 0.6 is 11.6 Å². The molecule has 0 bridgehead atoms. The molecule has 31 heavy (non-hydrogen) atoms. The Morgan fingerprint density at radius 1 is 1.03 bits per heavy atom. The predicted octanol–water partition coefficient (Wildman–Crippen LogP) is 3.32. The smallest absolute Gasteiger partial charge is 0.271 e. The van der Waals surface area contributed by atoms with Crippen LogP contribution in [0.5, 0.6) is 11.5 Å². The molecule has 0 spiro atoms. The second kappa shape index (κ2) is 9.99. The maximum Gasteiger partial charge on any atom is 0.271 e. The lowest BCUT2D eigenvalue weighted by atomic mass is 10.1. The third kappa shape index (κ3) is 5.35. The van der Waals surface area contributed by atoms with Gasteiger partial charge in [0.05, 0.1) is 24.8 Å². The molecule has 8 nitrogen and oxygen atoms in total. The van der Waals surface area contributed by atoms with Gasteiger partial charge in [-0.2, -0.15) is 5.10 Å². The van der Waals surface area contributed by atoms with Crippen LogP contribution in [0.4, 0.5) is 5.82 Å². The third-order valence-corrected chi connectivity index (χ3v) is 4.95. The minimum Gasteiger partial charge on any atom is -0.493 e. The average molecular weight is 443 g/mol. The van der Waals surface area contributed by atoms with Crippen molar-refractivity contribution in [1.29, 1.82) is 0 Å². The molecule has 1 heterocycles. The molecule has 9 heteroatoms. The van der Waals surface area contributed by atoms with Crippen LogP contribution in [-0.4, -0.2) is 42.4 Å². The molecule has 0 aliphatic rings. The van der Waals surface area contributed by atoms with Crippen molar-refractivity contribution >= 4 is 29.2 Å². The molecule has 2 N–H and O–H groups in total. The van der Waals surface area contributed by atoms with Gasteiger partial charge < -0.3 is 20.1 Å². The molecule has 0 aliphatic heterocycles. The first-order valence-corrected chi connectivity index (χ1v) is 9.89. The first-order valence-electron chi connectivity index (χ1n) is 9.52. The number of ether oxygens (including phenoxy) is 2. The van der Waals surface area contributed by atoms with Gasteiger partial charge in [0.2, 0.25) is 0 Å². The monoisotopic (exact) mass is 442 g/mol. The van der Waals surface area contributed by atoms with Crippen molar-refractivity contribution in [3.05, 3.63) is 70.4 Å². The largest absolute Gasteiger partial charge is 0.493 e. The molecule has 0 radical (unpaired) electrons. The number of methoxy groups -OCH3 is 2. The highest BCUT2D eigenvalue weighted by molar-refractivity contribution is 6.34. The number of hydrogen-bond donors (Lipinski definition) is 2. The number of rotatable bonds is 8. The maximum atomic E-state index is 12.5. The summed E-state index contributed by atoms with van der Waals surface area (Å²) in [5.41, 5.74) is 1.53. The van der Waals surface area contributed by atoms with Gasteiger partial charge in [0.15, 0.2) is 17.2 Å². The Balaban J connectivity index is 1.59. The minimum atomic E-state index is -0.381. The maximum absolute atomic E-state index is 12.5. The number of aromatic nitrogens is 2. The van der Waals surface area contributed by atoms with E-state index in [1.165, 1.54) is 10.7 Å². The van der Waals surface area contributed by atoms with Crippen LogP contribution in [0.25, 0.3) is 0 Å². The van der Waals surface area contributed by atoms with Crippen molar-refractivity contribution in [2.24, 2.45) is 7.05 Å². The van der Waals surface area contributed by atoms with Crippen molar-refractivity contribution < 1.29 is 19.1 Å². The van der Waals surface area contributed by atoms with Crippen LogP contribution in [0.2, 0.25) is 5.02 Å². The lowest BCUT2D eigenvalue weighted by Gasteiger charge is -2.09. The lowest BCUT2D eigenvalue weighted by molar-refractivity contribution is 0.0947. The number of nitrogens with zero attached hydrogens (tertiary/aromatic N) is 2. The zero-order valence-corrected chi connectivity index (χ0v) is 18.2. The fourth-order valence-corrected chi connectivity index (χ4v) is 3.19.